The van der Waals surface area contributed by atoms with Gasteiger partial charge in [-0.15, -0.1) is 0 Å². The van der Waals surface area contributed by atoms with Crippen LogP contribution >= 0.6 is 0 Å². The van der Waals surface area contributed by atoms with Crippen LogP contribution in [-0.4, -0.2) is 12.1 Å². The third-order valence-electron chi connectivity index (χ3n) is 4.11. The molecular formula is C15H31N. The average molecular weight is 225 g/mol. The molecule has 1 rings (SSSR count). The predicted octanol–water partition coefficient (Wildman–Crippen LogP) is 4.37. The van der Waals surface area contributed by atoms with E-state index < -0.39 is 0 Å². The van der Waals surface area contributed by atoms with Gasteiger partial charge >= 0.3 is 0 Å². The van der Waals surface area contributed by atoms with Gasteiger partial charge in [-0.25, -0.2) is 0 Å². The summed E-state index contributed by atoms with van der Waals surface area (Å²) in [5.41, 5.74) is 0. The van der Waals surface area contributed by atoms with Gasteiger partial charge in [0.15, 0.2) is 0 Å². The third kappa shape index (κ3) is 4.86. The Morgan fingerprint density at radius 3 is 2.38 bits per heavy atom. The van der Waals surface area contributed by atoms with Gasteiger partial charge in [-0.1, -0.05) is 40.0 Å². The van der Waals surface area contributed by atoms with E-state index in [1.54, 1.807) is 0 Å². The zero-order chi connectivity index (χ0) is 12.0. The van der Waals surface area contributed by atoms with Crippen molar-refractivity contribution in [2.45, 2.75) is 84.7 Å². The maximum absolute atomic E-state index is 3.88. The van der Waals surface area contributed by atoms with E-state index in [1.807, 2.05) is 0 Å². The Labute approximate surface area is 102 Å². The first-order valence-electron chi connectivity index (χ1n) is 7.39. The quantitative estimate of drug-likeness (QED) is 0.708. The lowest BCUT2D eigenvalue weighted by molar-refractivity contribution is 0.234. The van der Waals surface area contributed by atoms with Crippen LogP contribution in [0.15, 0.2) is 0 Å². The Kier molecular flexibility index (Phi) is 6.41. The first-order chi connectivity index (χ1) is 7.63. The van der Waals surface area contributed by atoms with Crippen LogP contribution in [0.5, 0.6) is 0 Å². The van der Waals surface area contributed by atoms with E-state index in [0.717, 1.165) is 17.9 Å². The molecule has 0 spiro atoms. The molecule has 1 fully saturated rings. The fourth-order valence-electron chi connectivity index (χ4n) is 2.95. The second-order valence-corrected chi connectivity index (χ2v) is 6.10. The maximum atomic E-state index is 3.88. The van der Waals surface area contributed by atoms with Gasteiger partial charge in [-0.05, 0) is 44.4 Å². The highest BCUT2D eigenvalue weighted by atomic mass is 15.0. The Hall–Kier alpha value is -0.0400. The minimum absolute atomic E-state index is 0.708. The molecule has 3 atom stereocenters. The third-order valence-corrected chi connectivity index (χ3v) is 4.11. The van der Waals surface area contributed by atoms with Crippen molar-refractivity contribution in [3.8, 4) is 0 Å². The fourth-order valence-corrected chi connectivity index (χ4v) is 2.95. The summed E-state index contributed by atoms with van der Waals surface area (Å²) in [6.45, 7) is 9.36. The van der Waals surface area contributed by atoms with Crippen molar-refractivity contribution in [3.63, 3.8) is 0 Å². The van der Waals surface area contributed by atoms with Gasteiger partial charge in [-0.2, -0.15) is 0 Å². The van der Waals surface area contributed by atoms with E-state index in [-0.39, 0.29) is 0 Å². The average Bonchev–Trinajstić information content (AvgIpc) is 2.27. The highest BCUT2D eigenvalue weighted by Gasteiger charge is 2.24. The van der Waals surface area contributed by atoms with Crippen molar-refractivity contribution in [3.05, 3.63) is 0 Å². The molecule has 1 nitrogen and oxygen atoms in total. The summed E-state index contributed by atoms with van der Waals surface area (Å²) in [7, 11) is 0. The molecule has 0 amide bonds. The van der Waals surface area contributed by atoms with Crippen molar-refractivity contribution in [1.82, 2.24) is 5.32 Å². The van der Waals surface area contributed by atoms with Gasteiger partial charge in [0.05, 0.1) is 0 Å². The van der Waals surface area contributed by atoms with E-state index in [9.17, 15) is 0 Å². The van der Waals surface area contributed by atoms with Crippen LogP contribution in [0.2, 0.25) is 0 Å². The standard InChI is InChI=1S/C15H31N/c1-5-14-8-6-7-9-15(14)16-13(4)11-10-12(2)3/h12-16H,5-11H2,1-4H3. The summed E-state index contributed by atoms with van der Waals surface area (Å²) < 4.78 is 0. The highest BCUT2D eigenvalue weighted by molar-refractivity contribution is 4.82. The van der Waals surface area contributed by atoms with Gasteiger partial charge in [0.2, 0.25) is 0 Å². The molecule has 0 aromatic heterocycles. The van der Waals surface area contributed by atoms with Crippen LogP contribution in [-0.2, 0) is 0 Å². The molecule has 16 heavy (non-hydrogen) atoms. The normalized spacial score (nSPS) is 28.3. The Bertz CT molecular complexity index is 176. The number of nitrogens with one attached hydrogen (secondary N) is 1. The molecule has 0 aromatic carbocycles. The van der Waals surface area contributed by atoms with Crippen LogP contribution < -0.4 is 5.32 Å². The summed E-state index contributed by atoms with van der Waals surface area (Å²) in [4.78, 5) is 0. The van der Waals surface area contributed by atoms with E-state index in [0.29, 0.717) is 6.04 Å². The van der Waals surface area contributed by atoms with Gasteiger partial charge in [-0.3, -0.25) is 0 Å². The van der Waals surface area contributed by atoms with E-state index in [4.69, 9.17) is 0 Å². The molecule has 0 bridgehead atoms. The molecule has 96 valence electrons. The molecule has 1 saturated carbocycles. The van der Waals surface area contributed by atoms with E-state index in [2.05, 4.69) is 33.0 Å². The molecule has 0 aliphatic heterocycles. The van der Waals surface area contributed by atoms with Crippen LogP contribution in [0, 0.1) is 11.8 Å². The number of rotatable bonds is 6. The second-order valence-electron chi connectivity index (χ2n) is 6.10. The van der Waals surface area contributed by atoms with Crippen molar-refractivity contribution in [1.29, 1.82) is 0 Å². The van der Waals surface area contributed by atoms with Crippen LogP contribution in [0.4, 0.5) is 0 Å². The van der Waals surface area contributed by atoms with Gasteiger partial charge in [0, 0.05) is 12.1 Å². The molecule has 0 heterocycles. The molecule has 0 aromatic rings. The second kappa shape index (κ2) is 7.32. The molecule has 1 aliphatic carbocycles. The van der Waals surface area contributed by atoms with Gasteiger partial charge in [0.25, 0.3) is 0 Å². The molecular weight excluding hydrogens is 194 g/mol. The molecule has 1 aliphatic rings. The van der Waals surface area contributed by atoms with Crippen molar-refractivity contribution >= 4 is 0 Å². The summed E-state index contributed by atoms with van der Waals surface area (Å²) in [5.74, 6) is 1.79. The Balaban J connectivity index is 2.27. The highest BCUT2D eigenvalue weighted by Crippen LogP contribution is 2.27. The largest absolute Gasteiger partial charge is 0.311 e. The summed E-state index contributed by atoms with van der Waals surface area (Å²) >= 11 is 0. The van der Waals surface area contributed by atoms with E-state index >= 15 is 0 Å². The van der Waals surface area contributed by atoms with Gasteiger partial charge in [0.1, 0.15) is 0 Å². The fraction of sp³-hybridized carbons (Fsp3) is 1.00. The van der Waals surface area contributed by atoms with E-state index in [1.165, 1.54) is 44.9 Å². The van der Waals surface area contributed by atoms with Crippen LogP contribution in [0.1, 0.15) is 72.6 Å². The molecule has 0 saturated heterocycles. The summed E-state index contributed by atoms with van der Waals surface area (Å²) in [6, 6.07) is 1.51. The predicted molar refractivity (Wildman–Crippen MR) is 72.7 cm³/mol. The zero-order valence-corrected chi connectivity index (χ0v) is 11.8. The summed E-state index contributed by atoms with van der Waals surface area (Å²) in [5, 5.41) is 3.88. The Morgan fingerprint density at radius 1 is 1.06 bits per heavy atom. The van der Waals surface area contributed by atoms with Crippen molar-refractivity contribution in [2.75, 3.05) is 0 Å². The minimum atomic E-state index is 0.708. The van der Waals surface area contributed by atoms with Crippen LogP contribution in [0.3, 0.4) is 0 Å². The molecule has 3 unspecified atom stereocenters. The lowest BCUT2D eigenvalue weighted by Gasteiger charge is -2.34. The zero-order valence-electron chi connectivity index (χ0n) is 11.8. The first-order valence-corrected chi connectivity index (χ1v) is 7.39. The lowest BCUT2D eigenvalue weighted by atomic mass is 9.82. The van der Waals surface area contributed by atoms with Crippen molar-refractivity contribution in [2.24, 2.45) is 11.8 Å². The topological polar surface area (TPSA) is 12.0 Å². The maximum Gasteiger partial charge on any atom is 0.00976 e. The Morgan fingerprint density at radius 2 is 1.75 bits per heavy atom. The number of hydrogen-bond donors (Lipinski definition) is 1. The lowest BCUT2D eigenvalue weighted by Crippen LogP contribution is -2.43. The van der Waals surface area contributed by atoms with Crippen LogP contribution in [0.25, 0.3) is 0 Å². The molecule has 0 radical (unpaired) electrons. The van der Waals surface area contributed by atoms with Gasteiger partial charge < -0.3 is 5.32 Å². The monoisotopic (exact) mass is 225 g/mol. The molecule has 1 heteroatoms. The smallest absolute Gasteiger partial charge is 0.00976 e. The summed E-state index contributed by atoms with van der Waals surface area (Å²) in [6.07, 6.45) is 9.80. The molecule has 1 N–H and O–H groups in total. The SMILES string of the molecule is CCC1CCCCC1NC(C)CCC(C)C. The minimum Gasteiger partial charge on any atom is -0.311 e. The number of hydrogen-bond acceptors (Lipinski definition) is 1. The first kappa shape index (κ1) is 14.0. The van der Waals surface area contributed by atoms with Crippen molar-refractivity contribution < 1.29 is 0 Å².